The maximum absolute atomic E-state index is 12.4. The molecule has 1 aromatic rings. The minimum Gasteiger partial charge on any atom is -0.340 e. The predicted octanol–water partition coefficient (Wildman–Crippen LogP) is 0.819. The molecule has 1 aliphatic heterocycles. The summed E-state index contributed by atoms with van der Waals surface area (Å²) >= 11 is 0. The van der Waals surface area contributed by atoms with Crippen molar-refractivity contribution in [3.63, 3.8) is 0 Å². The van der Waals surface area contributed by atoms with Crippen molar-refractivity contribution in [3.05, 3.63) is 29.8 Å². The molecule has 1 aliphatic rings. The van der Waals surface area contributed by atoms with Gasteiger partial charge in [0.1, 0.15) is 0 Å². The van der Waals surface area contributed by atoms with Crippen molar-refractivity contribution in [2.24, 2.45) is 0 Å². The van der Waals surface area contributed by atoms with Gasteiger partial charge in [-0.05, 0) is 26.1 Å². The highest BCUT2D eigenvalue weighted by Crippen LogP contribution is 2.20. The third kappa shape index (κ3) is 5.27. The molecule has 0 saturated carbocycles. The molecule has 0 atom stereocenters. The van der Waals surface area contributed by atoms with Gasteiger partial charge in [0.15, 0.2) is 5.78 Å². The quantitative estimate of drug-likeness (QED) is 0.696. The van der Waals surface area contributed by atoms with Crippen LogP contribution < -0.4 is 4.31 Å². The van der Waals surface area contributed by atoms with Gasteiger partial charge in [0, 0.05) is 44.7 Å². The monoisotopic (exact) mass is 367 g/mol. The Balaban J connectivity index is 2.10. The van der Waals surface area contributed by atoms with Gasteiger partial charge < -0.3 is 9.80 Å². The summed E-state index contributed by atoms with van der Waals surface area (Å²) in [5.41, 5.74) is 0.845. The van der Waals surface area contributed by atoms with Crippen LogP contribution in [-0.2, 0) is 14.8 Å². The maximum atomic E-state index is 12.4. The van der Waals surface area contributed by atoms with Crippen molar-refractivity contribution in [2.45, 2.75) is 13.3 Å². The van der Waals surface area contributed by atoms with E-state index in [9.17, 15) is 18.0 Å². The third-order valence-corrected chi connectivity index (χ3v) is 5.52. The van der Waals surface area contributed by atoms with Gasteiger partial charge >= 0.3 is 0 Å². The number of sulfonamides is 1. The maximum Gasteiger partial charge on any atom is 0.232 e. The summed E-state index contributed by atoms with van der Waals surface area (Å²) in [5, 5.41) is 0. The number of amides is 1. The largest absolute Gasteiger partial charge is 0.340 e. The number of nitrogens with zero attached hydrogens (tertiary/aromatic N) is 3. The van der Waals surface area contributed by atoms with E-state index in [0.717, 1.165) is 19.3 Å². The number of rotatable bonds is 6. The first kappa shape index (κ1) is 19.4. The average molecular weight is 367 g/mol. The number of anilines is 1. The first-order valence-corrected chi connectivity index (χ1v) is 10.1. The molecule has 0 radical (unpaired) electrons. The molecule has 1 amide bonds. The van der Waals surface area contributed by atoms with E-state index >= 15 is 0 Å². The fourth-order valence-corrected chi connectivity index (χ4v) is 3.70. The Hall–Kier alpha value is -1.93. The molecule has 0 aromatic heterocycles. The molecule has 0 aliphatic carbocycles. The summed E-state index contributed by atoms with van der Waals surface area (Å²) in [6.07, 6.45) is 1.22. The molecule has 0 N–H and O–H groups in total. The smallest absolute Gasteiger partial charge is 0.232 e. The van der Waals surface area contributed by atoms with Crippen LogP contribution in [-0.4, -0.2) is 75.9 Å². The van der Waals surface area contributed by atoms with Crippen LogP contribution >= 0.6 is 0 Å². The summed E-state index contributed by atoms with van der Waals surface area (Å²) in [6.45, 7) is 4.46. The standard InChI is InChI=1S/C17H25N3O4S/c1-14(21)15-5-4-6-16(13-15)20(25(3,23)24)8-7-17(22)19-11-9-18(2)10-12-19/h4-6,13H,7-12H2,1-3H3. The number of hydrogen-bond acceptors (Lipinski definition) is 5. The summed E-state index contributed by atoms with van der Waals surface area (Å²) in [4.78, 5) is 27.8. The lowest BCUT2D eigenvalue weighted by Gasteiger charge is -2.33. The minimum atomic E-state index is -3.55. The highest BCUT2D eigenvalue weighted by atomic mass is 32.2. The van der Waals surface area contributed by atoms with Crippen molar-refractivity contribution in [2.75, 3.05) is 50.3 Å². The number of benzene rings is 1. The zero-order valence-corrected chi connectivity index (χ0v) is 15.8. The molecule has 7 nitrogen and oxygen atoms in total. The molecule has 1 saturated heterocycles. The molecule has 25 heavy (non-hydrogen) atoms. The predicted molar refractivity (Wildman–Crippen MR) is 97.3 cm³/mol. The number of likely N-dealkylation sites (N-methyl/N-ethyl adjacent to an activating group) is 1. The highest BCUT2D eigenvalue weighted by molar-refractivity contribution is 7.92. The van der Waals surface area contributed by atoms with Gasteiger partial charge in [-0.3, -0.25) is 13.9 Å². The average Bonchev–Trinajstić information content (AvgIpc) is 2.54. The highest BCUT2D eigenvalue weighted by Gasteiger charge is 2.23. The number of piperazine rings is 1. The van der Waals surface area contributed by atoms with Crippen molar-refractivity contribution in [1.82, 2.24) is 9.80 Å². The van der Waals surface area contributed by atoms with E-state index < -0.39 is 10.0 Å². The first-order valence-electron chi connectivity index (χ1n) is 8.23. The van der Waals surface area contributed by atoms with Crippen LogP contribution in [0.4, 0.5) is 5.69 Å². The molecule has 1 aromatic carbocycles. The van der Waals surface area contributed by atoms with E-state index in [1.165, 1.54) is 11.2 Å². The Kier molecular flexibility index (Phi) is 6.18. The van der Waals surface area contributed by atoms with Crippen LogP contribution in [0.3, 0.4) is 0 Å². The van der Waals surface area contributed by atoms with E-state index in [-0.39, 0.29) is 24.7 Å². The van der Waals surface area contributed by atoms with Gasteiger partial charge in [-0.15, -0.1) is 0 Å². The lowest BCUT2D eigenvalue weighted by Crippen LogP contribution is -2.48. The first-order chi connectivity index (χ1) is 11.7. The van der Waals surface area contributed by atoms with Crippen molar-refractivity contribution < 1.29 is 18.0 Å². The van der Waals surface area contributed by atoms with Crippen LogP contribution in [0.15, 0.2) is 24.3 Å². The van der Waals surface area contributed by atoms with Gasteiger partial charge in [-0.25, -0.2) is 8.42 Å². The fraction of sp³-hybridized carbons (Fsp3) is 0.529. The Labute approximate surface area is 149 Å². The normalized spacial score (nSPS) is 15.9. The van der Waals surface area contributed by atoms with Crippen LogP contribution in [0.5, 0.6) is 0 Å². The second-order valence-electron chi connectivity index (χ2n) is 6.38. The lowest BCUT2D eigenvalue weighted by atomic mass is 10.1. The fourth-order valence-electron chi connectivity index (χ4n) is 2.78. The van der Waals surface area contributed by atoms with Crippen LogP contribution in [0.25, 0.3) is 0 Å². The Bertz CT molecular complexity index is 740. The summed E-state index contributed by atoms with van der Waals surface area (Å²) in [7, 11) is -1.54. The van der Waals surface area contributed by atoms with Gasteiger partial charge in [-0.2, -0.15) is 0 Å². The summed E-state index contributed by atoms with van der Waals surface area (Å²) in [6, 6.07) is 6.46. The van der Waals surface area contributed by atoms with Gasteiger partial charge in [0.25, 0.3) is 0 Å². The van der Waals surface area contributed by atoms with Crippen molar-refractivity contribution in [3.8, 4) is 0 Å². The van der Waals surface area contributed by atoms with E-state index in [4.69, 9.17) is 0 Å². The second-order valence-corrected chi connectivity index (χ2v) is 8.28. The topological polar surface area (TPSA) is 78.0 Å². The minimum absolute atomic E-state index is 0.0514. The molecule has 8 heteroatoms. The Morgan fingerprint density at radius 1 is 1.16 bits per heavy atom. The molecule has 138 valence electrons. The number of Topliss-reactive ketones (excluding diaryl/α,β-unsaturated/α-hetero) is 1. The molecule has 1 heterocycles. The lowest BCUT2D eigenvalue weighted by molar-refractivity contribution is -0.132. The van der Waals surface area contributed by atoms with E-state index in [1.54, 1.807) is 29.2 Å². The molecule has 0 bridgehead atoms. The van der Waals surface area contributed by atoms with Crippen molar-refractivity contribution >= 4 is 27.4 Å². The SMILES string of the molecule is CC(=O)c1cccc(N(CCC(=O)N2CCN(C)CC2)S(C)(=O)=O)c1. The van der Waals surface area contributed by atoms with Crippen LogP contribution in [0.2, 0.25) is 0 Å². The van der Waals surface area contributed by atoms with Gasteiger partial charge in [0.05, 0.1) is 11.9 Å². The van der Waals surface area contributed by atoms with Crippen LogP contribution in [0, 0.1) is 0 Å². The number of carbonyl (C=O) groups is 2. The molecular formula is C17H25N3O4S. The van der Waals surface area contributed by atoms with Crippen molar-refractivity contribution in [1.29, 1.82) is 0 Å². The molecular weight excluding hydrogens is 342 g/mol. The molecule has 0 spiro atoms. The van der Waals surface area contributed by atoms with Crippen LogP contribution in [0.1, 0.15) is 23.7 Å². The third-order valence-electron chi connectivity index (χ3n) is 4.33. The van der Waals surface area contributed by atoms with Gasteiger partial charge in [0.2, 0.25) is 15.9 Å². The number of ketones is 1. The zero-order chi connectivity index (χ0) is 18.6. The Morgan fingerprint density at radius 2 is 1.80 bits per heavy atom. The van der Waals surface area contributed by atoms with E-state index in [2.05, 4.69) is 4.90 Å². The summed E-state index contributed by atoms with van der Waals surface area (Å²) in [5.74, 6) is -0.187. The number of carbonyl (C=O) groups excluding carboxylic acids is 2. The van der Waals surface area contributed by atoms with Gasteiger partial charge in [-0.1, -0.05) is 12.1 Å². The van der Waals surface area contributed by atoms with E-state index in [0.29, 0.717) is 24.3 Å². The second kappa shape index (κ2) is 7.97. The molecule has 2 rings (SSSR count). The Morgan fingerprint density at radius 3 is 2.36 bits per heavy atom. The summed E-state index contributed by atoms with van der Waals surface area (Å²) < 4.78 is 25.5. The van der Waals surface area contributed by atoms with E-state index in [1.807, 2.05) is 7.05 Å². The number of hydrogen-bond donors (Lipinski definition) is 0. The molecule has 0 unspecified atom stereocenters. The molecule has 1 fully saturated rings. The zero-order valence-electron chi connectivity index (χ0n) is 14.9.